The van der Waals surface area contributed by atoms with Crippen LogP contribution in [-0.4, -0.2) is 4.57 Å². The fraction of sp³-hybridized carbons (Fsp3) is 0. The second-order valence-corrected chi connectivity index (χ2v) is 10.7. The van der Waals surface area contributed by atoms with Crippen molar-refractivity contribution < 1.29 is 8.83 Å². The van der Waals surface area contributed by atoms with Gasteiger partial charge in [-0.2, -0.15) is 5.26 Å². The highest BCUT2D eigenvalue weighted by molar-refractivity contribution is 6.19. The van der Waals surface area contributed by atoms with E-state index in [2.05, 4.69) is 57.9 Å². The van der Waals surface area contributed by atoms with Crippen LogP contribution in [0.3, 0.4) is 0 Å². The maximum absolute atomic E-state index is 9.58. The van der Waals surface area contributed by atoms with E-state index in [1.54, 1.807) is 0 Å². The first-order valence-corrected chi connectivity index (χ1v) is 13.9. The first-order chi connectivity index (χ1) is 21.2. The minimum atomic E-state index is 0.469. The standard InChI is InChI=1S/C38H19N3O2/c1-40-30-16-15-24(23-14-18-35-29(20-23)26-8-3-5-12-34(26)42-35)36-27-9-6-11-33(37(27)43-38(30)36)41-31-10-4-2-7-25(31)28-19-22(21-39)13-17-32(28)41/h2-20H. The molecule has 0 aliphatic rings. The molecular weight excluding hydrogens is 530 g/mol. The lowest BCUT2D eigenvalue weighted by molar-refractivity contribution is 0.668. The lowest BCUT2D eigenvalue weighted by Gasteiger charge is -2.09. The van der Waals surface area contributed by atoms with Gasteiger partial charge in [-0.25, -0.2) is 4.85 Å². The highest BCUT2D eigenvalue weighted by Gasteiger charge is 2.21. The van der Waals surface area contributed by atoms with Crippen LogP contribution in [0.4, 0.5) is 5.69 Å². The summed E-state index contributed by atoms with van der Waals surface area (Å²) in [5.74, 6) is 0. The molecule has 0 spiro atoms. The molecule has 0 radical (unpaired) electrons. The molecule has 0 aliphatic carbocycles. The molecule has 0 atom stereocenters. The molecule has 3 aromatic heterocycles. The van der Waals surface area contributed by atoms with Crippen LogP contribution in [0.1, 0.15) is 5.56 Å². The van der Waals surface area contributed by atoms with Crippen LogP contribution in [0.25, 0.3) is 87.3 Å². The molecule has 43 heavy (non-hydrogen) atoms. The third kappa shape index (κ3) is 3.19. The molecule has 3 heterocycles. The number of nitriles is 1. The van der Waals surface area contributed by atoms with Gasteiger partial charge in [0.25, 0.3) is 0 Å². The Labute approximate surface area is 244 Å². The van der Waals surface area contributed by atoms with E-state index < -0.39 is 0 Å². The molecular formula is C38H19N3O2. The number of hydrogen-bond acceptors (Lipinski definition) is 3. The van der Waals surface area contributed by atoms with Crippen molar-refractivity contribution in [3.05, 3.63) is 132 Å². The lowest BCUT2D eigenvalue weighted by Crippen LogP contribution is -1.94. The molecule has 6 aromatic carbocycles. The summed E-state index contributed by atoms with van der Waals surface area (Å²) in [7, 11) is 0. The number of rotatable bonds is 2. The molecule has 0 saturated heterocycles. The minimum Gasteiger partial charge on any atom is -0.465 e. The van der Waals surface area contributed by atoms with Gasteiger partial charge in [0.2, 0.25) is 5.69 Å². The quantitative estimate of drug-likeness (QED) is 0.202. The predicted octanol–water partition coefficient (Wildman–Crippen LogP) is 10.7. The van der Waals surface area contributed by atoms with Gasteiger partial charge < -0.3 is 13.4 Å². The first-order valence-electron chi connectivity index (χ1n) is 13.9. The molecule has 5 heteroatoms. The molecule has 0 N–H and O–H groups in total. The Morgan fingerprint density at radius 2 is 1.42 bits per heavy atom. The van der Waals surface area contributed by atoms with Crippen LogP contribution in [0, 0.1) is 17.9 Å². The van der Waals surface area contributed by atoms with Crippen molar-refractivity contribution in [1.82, 2.24) is 4.57 Å². The molecule has 9 aromatic rings. The molecule has 0 fully saturated rings. The number of aromatic nitrogens is 1. The van der Waals surface area contributed by atoms with Crippen molar-refractivity contribution in [1.29, 1.82) is 5.26 Å². The fourth-order valence-corrected chi connectivity index (χ4v) is 6.57. The summed E-state index contributed by atoms with van der Waals surface area (Å²) in [5.41, 5.74) is 8.95. The lowest BCUT2D eigenvalue weighted by atomic mass is 9.97. The summed E-state index contributed by atoms with van der Waals surface area (Å²) >= 11 is 0. The van der Waals surface area contributed by atoms with Crippen LogP contribution in [0.15, 0.2) is 124 Å². The third-order valence-corrected chi connectivity index (χ3v) is 8.46. The molecule has 0 aliphatic heterocycles. The van der Waals surface area contributed by atoms with Crippen LogP contribution in [0.5, 0.6) is 0 Å². The molecule has 0 unspecified atom stereocenters. The summed E-state index contributed by atoms with van der Waals surface area (Å²) in [5, 5.41) is 15.6. The van der Waals surface area contributed by atoms with Crippen LogP contribution < -0.4 is 0 Å². The van der Waals surface area contributed by atoms with E-state index in [1.807, 2.05) is 72.8 Å². The van der Waals surface area contributed by atoms with Gasteiger partial charge in [0.05, 0.1) is 34.9 Å². The van der Waals surface area contributed by atoms with E-state index in [1.165, 1.54) is 0 Å². The monoisotopic (exact) mass is 549 g/mol. The molecule has 9 rings (SSSR count). The van der Waals surface area contributed by atoms with Crippen LogP contribution >= 0.6 is 0 Å². The second-order valence-electron chi connectivity index (χ2n) is 10.7. The Morgan fingerprint density at radius 3 is 2.30 bits per heavy atom. The van der Waals surface area contributed by atoms with E-state index in [0.29, 0.717) is 22.4 Å². The second kappa shape index (κ2) is 8.60. The van der Waals surface area contributed by atoms with Crippen molar-refractivity contribution in [3.63, 3.8) is 0 Å². The topological polar surface area (TPSA) is 59.4 Å². The van der Waals surface area contributed by atoms with Gasteiger partial charge in [0.1, 0.15) is 16.7 Å². The van der Waals surface area contributed by atoms with Gasteiger partial charge in [0, 0.05) is 32.3 Å². The normalized spacial score (nSPS) is 11.7. The maximum atomic E-state index is 9.58. The van der Waals surface area contributed by atoms with E-state index in [-0.39, 0.29) is 0 Å². The van der Waals surface area contributed by atoms with E-state index in [9.17, 15) is 5.26 Å². The van der Waals surface area contributed by atoms with E-state index in [4.69, 9.17) is 15.4 Å². The zero-order chi connectivity index (χ0) is 28.7. The largest absolute Gasteiger partial charge is 0.465 e. The molecule has 5 nitrogen and oxygen atoms in total. The number of para-hydroxylation sites is 3. The summed E-state index contributed by atoms with van der Waals surface area (Å²) in [6, 6.07) is 40.6. The Kier molecular flexibility index (Phi) is 4.68. The summed E-state index contributed by atoms with van der Waals surface area (Å²) in [4.78, 5) is 3.83. The first kappa shape index (κ1) is 23.4. The molecule has 0 saturated carbocycles. The summed E-state index contributed by atoms with van der Waals surface area (Å²) < 4.78 is 14.9. The van der Waals surface area contributed by atoms with Gasteiger partial charge in [-0.1, -0.05) is 66.7 Å². The summed E-state index contributed by atoms with van der Waals surface area (Å²) in [6.07, 6.45) is 0. The van der Waals surface area contributed by atoms with Gasteiger partial charge in [-0.05, 0) is 59.7 Å². The van der Waals surface area contributed by atoms with Gasteiger partial charge in [-0.15, -0.1) is 0 Å². The van der Waals surface area contributed by atoms with Gasteiger partial charge in [-0.3, -0.25) is 0 Å². The molecule has 0 bridgehead atoms. The van der Waals surface area contributed by atoms with Crippen LogP contribution in [-0.2, 0) is 0 Å². The Morgan fingerprint density at radius 1 is 0.628 bits per heavy atom. The smallest absolute Gasteiger partial charge is 0.229 e. The zero-order valence-corrected chi connectivity index (χ0v) is 22.6. The zero-order valence-electron chi connectivity index (χ0n) is 22.6. The van der Waals surface area contributed by atoms with E-state index >= 15 is 0 Å². The number of furan rings is 2. The minimum absolute atomic E-state index is 0.469. The average Bonchev–Trinajstić information content (AvgIpc) is 3.73. The third-order valence-electron chi connectivity index (χ3n) is 8.46. The van der Waals surface area contributed by atoms with Crippen molar-refractivity contribution in [2.24, 2.45) is 0 Å². The van der Waals surface area contributed by atoms with Crippen molar-refractivity contribution in [2.45, 2.75) is 0 Å². The summed E-state index contributed by atoms with van der Waals surface area (Å²) in [6.45, 7) is 7.92. The number of nitrogens with zero attached hydrogens (tertiary/aromatic N) is 3. The number of hydrogen-bond donors (Lipinski definition) is 0. The van der Waals surface area contributed by atoms with Crippen molar-refractivity contribution >= 4 is 71.4 Å². The number of fused-ring (bicyclic) bond motifs is 9. The van der Waals surface area contributed by atoms with Crippen molar-refractivity contribution in [3.8, 4) is 22.9 Å². The SMILES string of the molecule is [C-]#[N+]c1ccc(-c2ccc3oc4ccccc4c3c2)c2c1oc1c(-n3c4ccccc4c4cc(C#N)ccc43)cccc12. The predicted molar refractivity (Wildman–Crippen MR) is 172 cm³/mol. The fourth-order valence-electron chi connectivity index (χ4n) is 6.57. The maximum Gasteiger partial charge on any atom is 0.229 e. The highest BCUT2D eigenvalue weighted by Crippen LogP contribution is 2.45. The van der Waals surface area contributed by atoms with E-state index in [0.717, 1.165) is 71.3 Å². The highest BCUT2D eigenvalue weighted by atomic mass is 16.3. The van der Waals surface area contributed by atoms with Gasteiger partial charge >= 0.3 is 0 Å². The molecule has 198 valence electrons. The molecule has 0 amide bonds. The Hall–Kier alpha value is -6.30. The van der Waals surface area contributed by atoms with Crippen LogP contribution in [0.2, 0.25) is 0 Å². The van der Waals surface area contributed by atoms with Gasteiger partial charge in [0.15, 0.2) is 5.58 Å². The number of benzene rings is 6. The van der Waals surface area contributed by atoms with Crippen molar-refractivity contribution in [2.75, 3.05) is 0 Å². The Balaban J connectivity index is 1.37. The Bertz CT molecular complexity index is 2710. The average molecular weight is 550 g/mol.